The fraction of sp³-hybridized carbons (Fsp3) is 0.290. The number of furan rings is 1. The molecule has 2 aromatic heterocycles. The molecular weight excluding hydrogens is 604 g/mol. The van der Waals surface area contributed by atoms with Gasteiger partial charge in [-0.1, -0.05) is 24.3 Å². The lowest BCUT2D eigenvalue weighted by Gasteiger charge is -2.24. The second-order valence-corrected chi connectivity index (χ2v) is 12.5. The van der Waals surface area contributed by atoms with Crippen molar-refractivity contribution in [1.29, 1.82) is 0 Å². The van der Waals surface area contributed by atoms with Gasteiger partial charge in [0.2, 0.25) is 5.76 Å². The van der Waals surface area contributed by atoms with Crippen LogP contribution in [0.4, 0.5) is 17.6 Å². The average molecular weight is 635 g/mol. The standard InChI is InChI=1S/C31H30F4N2O6S/c1-18-10-19(2)36-20(3)25(18)15-37(14-24-8-9-29(43-24)31(33,34)35)13-21-4-6-22(7-5-21)23-11-27(32)26(16-38)28(12-23)44(41,42)17-30(39)40/h4-12,38H,13-17H2,1-3H3,(H,39,40). The van der Waals surface area contributed by atoms with Crippen LogP contribution in [0.1, 0.15) is 45.2 Å². The number of hydrogen-bond donors (Lipinski definition) is 2. The van der Waals surface area contributed by atoms with Gasteiger partial charge in [-0.05, 0) is 78.9 Å². The number of carboxylic acids is 1. The molecule has 2 aromatic carbocycles. The number of carboxylic acid groups (broad SMARTS) is 1. The minimum atomic E-state index is -4.62. The molecule has 0 atom stereocenters. The topological polar surface area (TPSA) is 121 Å². The molecule has 8 nitrogen and oxygen atoms in total. The van der Waals surface area contributed by atoms with Crippen LogP contribution < -0.4 is 0 Å². The van der Waals surface area contributed by atoms with E-state index in [4.69, 9.17) is 9.52 Å². The molecule has 4 rings (SSSR count). The second-order valence-electron chi connectivity index (χ2n) is 10.5. The molecule has 13 heteroatoms. The summed E-state index contributed by atoms with van der Waals surface area (Å²) in [5.41, 5.74) is 4.33. The Balaban J connectivity index is 1.65. The van der Waals surface area contributed by atoms with Crippen LogP contribution in [-0.2, 0) is 47.0 Å². The third-order valence-corrected chi connectivity index (χ3v) is 8.70. The molecular formula is C31H30F4N2O6S. The first-order chi connectivity index (χ1) is 20.6. The summed E-state index contributed by atoms with van der Waals surface area (Å²) in [6.07, 6.45) is -4.62. The number of aliphatic carboxylic acids is 1. The number of pyridine rings is 1. The minimum Gasteiger partial charge on any atom is -0.480 e. The molecule has 0 spiro atoms. The first-order valence-corrected chi connectivity index (χ1v) is 15.0. The van der Waals surface area contributed by atoms with Crippen LogP contribution >= 0.6 is 0 Å². The van der Waals surface area contributed by atoms with E-state index < -0.39 is 56.4 Å². The van der Waals surface area contributed by atoms with Gasteiger partial charge >= 0.3 is 12.1 Å². The van der Waals surface area contributed by atoms with Gasteiger partial charge in [-0.2, -0.15) is 13.2 Å². The maximum atomic E-state index is 14.8. The van der Waals surface area contributed by atoms with Crippen molar-refractivity contribution < 1.29 is 45.4 Å². The fourth-order valence-corrected chi connectivity index (χ4v) is 6.35. The van der Waals surface area contributed by atoms with E-state index in [9.17, 15) is 35.9 Å². The first kappa shape index (κ1) is 32.8. The van der Waals surface area contributed by atoms with Crippen molar-refractivity contribution >= 4 is 15.8 Å². The van der Waals surface area contributed by atoms with Crippen molar-refractivity contribution in [1.82, 2.24) is 9.88 Å². The number of aromatic nitrogens is 1. The average Bonchev–Trinajstić information content (AvgIpc) is 3.39. The maximum Gasteiger partial charge on any atom is 0.449 e. The molecule has 2 N–H and O–H groups in total. The Bertz CT molecular complexity index is 1760. The van der Waals surface area contributed by atoms with Gasteiger partial charge in [0, 0.05) is 30.0 Å². The number of hydrogen-bond acceptors (Lipinski definition) is 7. The van der Waals surface area contributed by atoms with E-state index in [-0.39, 0.29) is 24.4 Å². The van der Waals surface area contributed by atoms with E-state index >= 15 is 0 Å². The Morgan fingerprint density at radius 2 is 1.61 bits per heavy atom. The Kier molecular flexibility index (Phi) is 9.62. The van der Waals surface area contributed by atoms with Crippen LogP contribution in [0.15, 0.2) is 63.9 Å². The van der Waals surface area contributed by atoms with E-state index in [0.717, 1.165) is 46.3 Å². The molecule has 234 valence electrons. The molecule has 0 saturated carbocycles. The van der Waals surface area contributed by atoms with Crippen molar-refractivity contribution in [3.63, 3.8) is 0 Å². The van der Waals surface area contributed by atoms with Gasteiger partial charge in [0.05, 0.1) is 18.0 Å². The van der Waals surface area contributed by atoms with Gasteiger partial charge in [0.25, 0.3) is 0 Å². The van der Waals surface area contributed by atoms with Gasteiger partial charge in [-0.3, -0.25) is 14.7 Å². The summed E-state index contributed by atoms with van der Waals surface area (Å²) < 4.78 is 84.6. The maximum absolute atomic E-state index is 14.8. The third-order valence-electron chi connectivity index (χ3n) is 7.04. The number of aryl methyl sites for hydroxylation is 3. The zero-order valence-corrected chi connectivity index (χ0v) is 24.9. The summed E-state index contributed by atoms with van der Waals surface area (Å²) in [4.78, 5) is 16.9. The summed E-state index contributed by atoms with van der Waals surface area (Å²) in [7, 11) is -4.45. The lowest BCUT2D eigenvalue weighted by atomic mass is 10.0. The summed E-state index contributed by atoms with van der Waals surface area (Å²) >= 11 is 0. The molecule has 4 aromatic rings. The predicted molar refractivity (Wildman–Crippen MR) is 153 cm³/mol. The number of benzene rings is 2. The second kappa shape index (κ2) is 12.9. The van der Waals surface area contributed by atoms with Crippen LogP contribution in [0.2, 0.25) is 0 Å². The van der Waals surface area contributed by atoms with E-state index in [2.05, 4.69) is 4.98 Å². The molecule has 44 heavy (non-hydrogen) atoms. The lowest BCUT2D eigenvalue weighted by Crippen LogP contribution is -2.23. The van der Waals surface area contributed by atoms with E-state index in [1.54, 1.807) is 24.3 Å². The zero-order chi connectivity index (χ0) is 32.4. The molecule has 2 heterocycles. The van der Waals surface area contributed by atoms with Gasteiger partial charge in [-0.25, -0.2) is 12.8 Å². The summed E-state index contributed by atoms with van der Waals surface area (Å²) in [6, 6.07) is 12.9. The number of carbonyl (C=O) groups is 1. The monoisotopic (exact) mass is 634 g/mol. The van der Waals surface area contributed by atoms with E-state index in [1.165, 1.54) is 6.07 Å². The number of nitrogens with zero attached hydrogens (tertiary/aromatic N) is 2. The number of alkyl halides is 3. The van der Waals surface area contributed by atoms with Crippen molar-refractivity contribution in [2.75, 3.05) is 5.75 Å². The van der Waals surface area contributed by atoms with Gasteiger partial charge in [0.15, 0.2) is 15.6 Å². The molecule has 0 bridgehead atoms. The number of halogens is 4. The summed E-state index contributed by atoms with van der Waals surface area (Å²) in [5, 5.41) is 18.6. The Morgan fingerprint density at radius 3 is 2.18 bits per heavy atom. The zero-order valence-electron chi connectivity index (χ0n) is 24.1. The number of aliphatic hydroxyl groups excluding tert-OH is 1. The molecule has 0 unspecified atom stereocenters. The number of rotatable bonds is 11. The molecule has 0 aliphatic heterocycles. The minimum absolute atomic E-state index is 0.0587. The fourth-order valence-electron chi connectivity index (χ4n) is 5.03. The number of aliphatic hydroxyl groups is 1. The van der Waals surface area contributed by atoms with Gasteiger partial charge in [0.1, 0.15) is 11.6 Å². The van der Waals surface area contributed by atoms with E-state index in [0.29, 0.717) is 12.1 Å². The normalized spacial score (nSPS) is 12.2. The highest BCUT2D eigenvalue weighted by Crippen LogP contribution is 2.32. The molecule has 0 radical (unpaired) electrons. The number of sulfone groups is 1. The smallest absolute Gasteiger partial charge is 0.449 e. The van der Waals surface area contributed by atoms with Crippen molar-refractivity contribution in [3.05, 3.63) is 106 Å². The van der Waals surface area contributed by atoms with Crippen LogP contribution in [0.3, 0.4) is 0 Å². The Labute approximate surface area is 251 Å². The highest BCUT2D eigenvalue weighted by Gasteiger charge is 2.35. The highest BCUT2D eigenvalue weighted by atomic mass is 32.2. The molecule has 0 aliphatic rings. The molecule has 0 amide bonds. The quantitative estimate of drug-likeness (QED) is 0.194. The first-order valence-electron chi connectivity index (χ1n) is 13.4. The predicted octanol–water partition coefficient (Wildman–Crippen LogP) is 5.98. The van der Waals surface area contributed by atoms with Gasteiger partial charge in [-0.15, -0.1) is 0 Å². The van der Waals surface area contributed by atoms with Crippen molar-refractivity contribution in [2.45, 2.75) is 58.1 Å². The van der Waals surface area contributed by atoms with Crippen molar-refractivity contribution in [2.24, 2.45) is 0 Å². The van der Waals surface area contributed by atoms with Crippen molar-refractivity contribution in [3.8, 4) is 11.1 Å². The Morgan fingerprint density at radius 1 is 0.932 bits per heavy atom. The van der Waals surface area contributed by atoms with Crippen LogP contribution in [0, 0.1) is 26.6 Å². The molecule has 0 aliphatic carbocycles. The largest absolute Gasteiger partial charge is 0.480 e. The molecule has 0 saturated heterocycles. The van der Waals surface area contributed by atoms with E-state index in [1.807, 2.05) is 31.7 Å². The summed E-state index contributed by atoms with van der Waals surface area (Å²) in [6.45, 7) is 5.43. The highest BCUT2D eigenvalue weighted by molar-refractivity contribution is 7.92. The lowest BCUT2D eigenvalue weighted by molar-refractivity contribution is -0.153. The van der Waals surface area contributed by atoms with Gasteiger partial charge < -0.3 is 14.6 Å². The molecule has 0 fully saturated rings. The summed E-state index contributed by atoms with van der Waals surface area (Å²) in [5.74, 6) is -4.86. The van der Waals surface area contributed by atoms with Crippen LogP contribution in [0.5, 0.6) is 0 Å². The SMILES string of the molecule is Cc1cc(C)c(CN(Cc2ccc(-c3cc(F)c(CO)c(S(=O)(=O)CC(=O)O)c3)cc2)Cc2ccc(C(F)(F)F)o2)c(C)n1. The Hall–Kier alpha value is -4.07. The van der Waals surface area contributed by atoms with Crippen LogP contribution in [0.25, 0.3) is 11.1 Å². The third kappa shape index (κ3) is 7.71. The van der Waals surface area contributed by atoms with Crippen LogP contribution in [-0.4, -0.2) is 40.2 Å².